The molecular weight excluding hydrogens is 789 g/mol. The average molecular weight is 898 g/mol. The van der Waals surface area contributed by atoms with Crippen LogP contribution >= 0.6 is 0 Å². The minimum atomic E-state index is -0.407. The SMILES string of the molecule is CCCCC/C=C\C/C=C\CCCCCCCCCC(=O)OC[C@H](COC(=O)CCCCCCC/C=C\C/C=C\CCCCC)OCCCCCCCCCCCCCCCCCC. The van der Waals surface area contributed by atoms with E-state index >= 15 is 0 Å². The molecule has 0 aromatic carbocycles. The second-order valence-corrected chi connectivity index (χ2v) is 18.8. The fourth-order valence-corrected chi connectivity index (χ4v) is 8.08. The molecule has 0 bridgehead atoms. The third kappa shape index (κ3) is 52.5. The first kappa shape index (κ1) is 61.9. The quantitative estimate of drug-likeness (QED) is 0.0346. The minimum Gasteiger partial charge on any atom is -0.463 e. The molecule has 0 aromatic heterocycles. The zero-order valence-electron chi connectivity index (χ0n) is 43.1. The van der Waals surface area contributed by atoms with E-state index in [2.05, 4.69) is 69.4 Å². The Balaban J connectivity index is 4.27. The molecule has 0 saturated heterocycles. The lowest BCUT2D eigenvalue weighted by Gasteiger charge is -2.18. The van der Waals surface area contributed by atoms with Gasteiger partial charge in [-0.15, -0.1) is 0 Å². The summed E-state index contributed by atoms with van der Waals surface area (Å²) in [5.41, 5.74) is 0. The highest BCUT2D eigenvalue weighted by atomic mass is 16.6. The molecule has 0 aromatic rings. The van der Waals surface area contributed by atoms with Crippen LogP contribution in [-0.4, -0.2) is 37.9 Å². The van der Waals surface area contributed by atoms with Crippen LogP contribution in [0, 0.1) is 0 Å². The van der Waals surface area contributed by atoms with Gasteiger partial charge in [-0.1, -0.05) is 243 Å². The number of allylic oxidation sites excluding steroid dienone is 8. The molecule has 0 heterocycles. The first-order chi connectivity index (χ1) is 31.6. The van der Waals surface area contributed by atoms with Gasteiger partial charge in [0.25, 0.3) is 0 Å². The highest BCUT2D eigenvalue weighted by molar-refractivity contribution is 5.69. The van der Waals surface area contributed by atoms with Crippen molar-refractivity contribution in [1.29, 1.82) is 0 Å². The molecule has 0 N–H and O–H groups in total. The van der Waals surface area contributed by atoms with Crippen molar-refractivity contribution in [3.05, 3.63) is 48.6 Å². The summed E-state index contributed by atoms with van der Waals surface area (Å²) in [5, 5.41) is 0. The van der Waals surface area contributed by atoms with Gasteiger partial charge < -0.3 is 14.2 Å². The summed E-state index contributed by atoms with van der Waals surface area (Å²) < 4.78 is 17.5. The predicted molar refractivity (Wildman–Crippen MR) is 279 cm³/mol. The van der Waals surface area contributed by atoms with Crippen LogP contribution in [0.15, 0.2) is 48.6 Å². The number of unbranched alkanes of at least 4 members (excludes halogenated alkanes) is 33. The number of esters is 2. The number of ether oxygens (including phenoxy) is 3. The Morgan fingerprint density at radius 2 is 0.594 bits per heavy atom. The molecule has 0 fully saturated rings. The van der Waals surface area contributed by atoms with E-state index in [1.807, 2.05) is 0 Å². The van der Waals surface area contributed by atoms with E-state index in [0.29, 0.717) is 19.4 Å². The Kier molecular flexibility index (Phi) is 53.3. The lowest BCUT2D eigenvalue weighted by atomic mass is 10.0. The molecule has 5 nitrogen and oxygen atoms in total. The fourth-order valence-electron chi connectivity index (χ4n) is 8.08. The zero-order valence-corrected chi connectivity index (χ0v) is 43.1. The Hall–Kier alpha value is -2.14. The molecule has 0 spiro atoms. The predicted octanol–water partition coefficient (Wildman–Crippen LogP) is 19.1. The van der Waals surface area contributed by atoms with Gasteiger partial charge in [0, 0.05) is 19.4 Å². The maximum atomic E-state index is 12.6. The number of hydrogen-bond donors (Lipinski definition) is 0. The molecule has 0 unspecified atom stereocenters. The average Bonchev–Trinajstić information content (AvgIpc) is 3.30. The zero-order chi connectivity index (χ0) is 46.3. The van der Waals surface area contributed by atoms with E-state index < -0.39 is 6.10 Å². The van der Waals surface area contributed by atoms with E-state index in [1.165, 1.54) is 193 Å². The smallest absolute Gasteiger partial charge is 0.305 e. The third-order valence-corrected chi connectivity index (χ3v) is 12.4. The molecule has 64 heavy (non-hydrogen) atoms. The van der Waals surface area contributed by atoms with Crippen molar-refractivity contribution in [2.75, 3.05) is 19.8 Å². The van der Waals surface area contributed by atoms with E-state index in [-0.39, 0.29) is 25.2 Å². The normalized spacial score (nSPS) is 12.5. The van der Waals surface area contributed by atoms with Crippen molar-refractivity contribution in [3.8, 4) is 0 Å². The topological polar surface area (TPSA) is 61.8 Å². The van der Waals surface area contributed by atoms with Gasteiger partial charge in [0.2, 0.25) is 0 Å². The number of rotatable bonds is 52. The summed E-state index contributed by atoms with van der Waals surface area (Å²) >= 11 is 0. The Morgan fingerprint density at radius 3 is 0.938 bits per heavy atom. The molecule has 0 rings (SSSR count). The second-order valence-electron chi connectivity index (χ2n) is 18.8. The Bertz CT molecular complexity index is 1060. The molecule has 0 radical (unpaired) electrons. The summed E-state index contributed by atoms with van der Waals surface area (Å²) in [4.78, 5) is 25.3. The van der Waals surface area contributed by atoms with E-state index in [0.717, 1.165) is 64.2 Å². The van der Waals surface area contributed by atoms with Gasteiger partial charge in [-0.3, -0.25) is 9.59 Å². The summed E-state index contributed by atoms with van der Waals surface area (Å²) in [6.45, 7) is 7.70. The van der Waals surface area contributed by atoms with Crippen LogP contribution < -0.4 is 0 Å². The molecule has 0 saturated carbocycles. The monoisotopic (exact) mass is 897 g/mol. The standard InChI is InChI=1S/C59H108O5/c1-4-7-10-13-16-19-22-25-28-30-32-35-38-41-44-47-50-53-59(61)64-56-57(62-54-51-48-45-42-39-36-33-29-26-23-20-17-14-11-8-5-2)55-63-58(60)52-49-46-43-40-37-34-31-27-24-21-18-15-12-9-6-3/h16,18-19,21,25,27-28,31,57H,4-15,17,20,22-24,26,29-30,32-56H2,1-3H3/b19-16-,21-18-,28-25-,31-27-/t57-/m0/s1. The van der Waals surface area contributed by atoms with Crippen molar-refractivity contribution >= 4 is 11.9 Å². The molecule has 0 amide bonds. The van der Waals surface area contributed by atoms with Crippen LogP contribution in [0.1, 0.15) is 290 Å². The number of carbonyl (C=O) groups is 2. The van der Waals surface area contributed by atoms with Crippen molar-refractivity contribution in [2.45, 2.75) is 297 Å². The number of hydrogen-bond acceptors (Lipinski definition) is 5. The lowest BCUT2D eigenvalue weighted by molar-refractivity contribution is -0.155. The van der Waals surface area contributed by atoms with Crippen LogP contribution in [0.3, 0.4) is 0 Å². The molecule has 5 heteroatoms. The van der Waals surface area contributed by atoms with Crippen LogP contribution in [-0.2, 0) is 23.8 Å². The molecule has 0 aliphatic carbocycles. The van der Waals surface area contributed by atoms with Gasteiger partial charge >= 0.3 is 11.9 Å². The maximum Gasteiger partial charge on any atom is 0.305 e. The Labute approximate surface area is 399 Å². The third-order valence-electron chi connectivity index (χ3n) is 12.4. The number of carbonyl (C=O) groups excluding carboxylic acids is 2. The van der Waals surface area contributed by atoms with Crippen molar-refractivity contribution < 1.29 is 23.8 Å². The van der Waals surface area contributed by atoms with Crippen molar-refractivity contribution in [1.82, 2.24) is 0 Å². The highest BCUT2D eigenvalue weighted by Crippen LogP contribution is 2.16. The van der Waals surface area contributed by atoms with Crippen LogP contribution in [0.5, 0.6) is 0 Å². The van der Waals surface area contributed by atoms with Crippen molar-refractivity contribution in [2.24, 2.45) is 0 Å². The molecule has 374 valence electrons. The second kappa shape index (κ2) is 55.2. The lowest BCUT2D eigenvalue weighted by Crippen LogP contribution is -2.29. The maximum absolute atomic E-state index is 12.6. The van der Waals surface area contributed by atoms with E-state index in [4.69, 9.17) is 14.2 Å². The molecule has 0 aliphatic rings. The molecular formula is C59H108O5. The molecule has 1 atom stereocenters. The first-order valence-electron chi connectivity index (χ1n) is 28.2. The van der Waals surface area contributed by atoms with Crippen LogP contribution in [0.4, 0.5) is 0 Å². The summed E-state index contributed by atoms with van der Waals surface area (Å²) in [6.07, 6.45) is 68.6. The van der Waals surface area contributed by atoms with E-state index in [9.17, 15) is 9.59 Å². The van der Waals surface area contributed by atoms with Gasteiger partial charge in [0.1, 0.15) is 19.3 Å². The summed E-state index contributed by atoms with van der Waals surface area (Å²) in [5.74, 6) is -0.347. The van der Waals surface area contributed by atoms with Gasteiger partial charge in [-0.25, -0.2) is 0 Å². The van der Waals surface area contributed by atoms with Crippen LogP contribution in [0.25, 0.3) is 0 Å². The first-order valence-corrected chi connectivity index (χ1v) is 28.2. The van der Waals surface area contributed by atoms with Crippen LogP contribution in [0.2, 0.25) is 0 Å². The largest absolute Gasteiger partial charge is 0.463 e. The van der Waals surface area contributed by atoms with Gasteiger partial charge in [0.15, 0.2) is 0 Å². The fraction of sp³-hybridized carbons (Fsp3) is 0.831. The summed E-state index contributed by atoms with van der Waals surface area (Å²) in [6, 6.07) is 0. The Morgan fingerprint density at radius 1 is 0.328 bits per heavy atom. The molecule has 0 aliphatic heterocycles. The van der Waals surface area contributed by atoms with Gasteiger partial charge in [-0.05, 0) is 83.5 Å². The highest BCUT2D eigenvalue weighted by Gasteiger charge is 2.16. The van der Waals surface area contributed by atoms with Gasteiger partial charge in [-0.2, -0.15) is 0 Å². The minimum absolute atomic E-state index is 0.150. The van der Waals surface area contributed by atoms with Gasteiger partial charge in [0.05, 0.1) is 0 Å². The summed E-state index contributed by atoms with van der Waals surface area (Å²) in [7, 11) is 0. The van der Waals surface area contributed by atoms with Crippen molar-refractivity contribution in [3.63, 3.8) is 0 Å². The van der Waals surface area contributed by atoms with E-state index in [1.54, 1.807) is 0 Å².